The molecule has 2 amide bonds. The Balaban J connectivity index is 1.44. The van der Waals surface area contributed by atoms with Crippen LogP contribution in [-0.4, -0.2) is 39.8 Å². The van der Waals surface area contributed by atoms with Gasteiger partial charge in [-0.05, 0) is 62.6 Å². The number of benzene rings is 1. The van der Waals surface area contributed by atoms with Gasteiger partial charge in [0.2, 0.25) is 5.91 Å². The van der Waals surface area contributed by atoms with Crippen molar-refractivity contribution in [1.29, 1.82) is 0 Å². The summed E-state index contributed by atoms with van der Waals surface area (Å²) < 4.78 is 13.5. The van der Waals surface area contributed by atoms with Crippen molar-refractivity contribution in [3.05, 3.63) is 70.9 Å². The number of amides is 2. The van der Waals surface area contributed by atoms with E-state index in [1.54, 1.807) is 12.1 Å². The van der Waals surface area contributed by atoms with Crippen LogP contribution in [0.2, 0.25) is 0 Å². The molecule has 4 rings (SSSR count). The van der Waals surface area contributed by atoms with E-state index in [0.29, 0.717) is 60.9 Å². The molecule has 31 heavy (non-hydrogen) atoms. The van der Waals surface area contributed by atoms with Gasteiger partial charge < -0.3 is 10.6 Å². The summed E-state index contributed by atoms with van der Waals surface area (Å²) in [6.07, 6.45) is 2.45. The number of halogens is 1. The van der Waals surface area contributed by atoms with E-state index in [1.165, 1.54) is 12.1 Å². The predicted octanol–water partition coefficient (Wildman–Crippen LogP) is 3.52. The van der Waals surface area contributed by atoms with Crippen LogP contribution in [0.25, 0.3) is 10.9 Å². The molecule has 0 unspecified atom stereocenters. The summed E-state index contributed by atoms with van der Waals surface area (Å²) in [5.41, 5.74) is 9.06. The first-order chi connectivity index (χ1) is 14.9. The first kappa shape index (κ1) is 20.9. The number of nitrogens with zero attached hydrogens (tertiary/aromatic N) is 3. The minimum Gasteiger partial charge on any atom is -0.366 e. The number of piperidine rings is 1. The number of hydrogen-bond acceptors (Lipinski definition) is 4. The van der Waals surface area contributed by atoms with E-state index in [-0.39, 0.29) is 17.6 Å². The van der Waals surface area contributed by atoms with Crippen molar-refractivity contribution in [3.8, 4) is 0 Å². The summed E-state index contributed by atoms with van der Waals surface area (Å²) in [7, 11) is 0. The summed E-state index contributed by atoms with van der Waals surface area (Å²) >= 11 is 0. The van der Waals surface area contributed by atoms with Crippen molar-refractivity contribution in [2.45, 2.75) is 38.5 Å². The van der Waals surface area contributed by atoms with Crippen molar-refractivity contribution in [3.63, 3.8) is 0 Å². The number of aryl methyl sites for hydroxylation is 2. The summed E-state index contributed by atoms with van der Waals surface area (Å²) in [5.74, 6) is -0.818. The van der Waals surface area contributed by atoms with Crippen LogP contribution in [-0.2, 0) is 11.2 Å². The normalized spacial score (nSPS) is 14.7. The largest absolute Gasteiger partial charge is 0.366 e. The third kappa shape index (κ3) is 4.71. The number of pyridine rings is 2. The van der Waals surface area contributed by atoms with E-state index in [1.807, 2.05) is 30.0 Å². The van der Waals surface area contributed by atoms with Crippen LogP contribution in [0, 0.1) is 12.7 Å². The van der Waals surface area contributed by atoms with E-state index in [2.05, 4.69) is 9.97 Å². The van der Waals surface area contributed by atoms with Crippen LogP contribution in [0.5, 0.6) is 0 Å². The Hall–Kier alpha value is -3.35. The molecule has 1 saturated heterocycles. The van der Waals surface area contributed by atoms with Crippen LogP contribution in [0.1, 0.15) is 52.6 Å². The van der Waals surface area contributed by atoms with E-state index in [0.717, 1.165) is 11.4 Å². The minimum atomic E-state index is -0.571. The second-order valence-electron chi connectivity index (χ2n) is 8.05. The highest BCUT2D eigenvalue weighted by atomic mass is 19.1. The molecule has 6 nitrogen and oxygen atoms in total. The van der Waals surface area contributed by atoms with E-state index < -0.39 is 5.91 Å². The standard InChI is InChI=1S/C24H25FN4O2/c1-15-3-2-4-19(27-15)6-8-22(30)29-11-9-16(10-12-29)23-20(24(26)31)14-17-13-18(25)5-7-21(17)28-23/h2-5,7,13-14,16H,6,8-12H2,1H3,(H2,26,31). The predicted molar refractivity (Wildman–Crippen MR) is 116 cm³/mol. The number of carbonyl (C=O) groups is 2. The Morgan fingerprint density at radius 2 is 1.90 bits per heavy atom. The summed E-state index contributed by atoms with van der Waals surface area (Å²) in [4.78, 5) is 35.6. The summed E-state index contributed by atoms with van der Waals surface area (Å²) in [6, 6.07) is 11.8. The Morgan fingerprint density at radius 3 is 2.61 bits per heavy atom. The van der Waals surface area contributed by atoms with Crippen LogP contribution in [0.15, 0.2) is 42.5 Å². The molecule has 0 spiro atoms. The highest BCUT2D eigenvalue weighted by Gasteiger charge is 2.27. The lowest BCUT2D eigenvalue weighted by Crippen LogP contribution is -2.38. The molecule has 2 N–H and O–H groups in total. The smallest absolute Gasteiger partial charge is 0.250 e. The van der Waals surface area contributed by atoms with Gasteiger partial charge in [-0.25, -0.2) is 4.39 Å². The molecule has 3 heterocycles. The molecule has 3 aromatic rings. The molecule has 0 saturated carbocycles. The van der Waals surface area contributed by atoms with Crippen molar-refractivity contribution >= 4 is 22.7 Å². The Bertz CT molecular complexity index is 1140. The fourth-order valence-electron chi connectivity index (χ4n) is 4.20. The number of aromatic nitrogens is 2. The van der Waals surface area contributed by atoms with Gasteiger partial charge in [0.25, 0.3) is 5.91 Å². The zero-order valence-electron chi connectivity index (χ0n) is 17.5. The van der Waals surface area contributed by atoms with E-state index in [4.69, 9.17) is 5.73 Å². The molecule has 1 fully saturated rings. The summed E-state index contributed by atoms with van der Waals surface area (Å²) in [5, 5.41) is 0.551. The fraction of sp³-hybridized carbons (Fsp3) is 0.333. The maximum absolute atomic E-state index is 13.5. The third-order valence-corrected chi connectivity index (χ3v) is 5.85. The number of carbonyl (C=O) groups excluding carboxylic acids is 2. The average Bonchev–Trinajstić information content (AvgIpc) is 2.76. The molecule has 0 bridgehead atoms. The zero-order valence-corrected chi connectivity index (χ0v) is 17.5. The van der Waals surface area contributed by atoms with Gasteiger partial charge >= 0.3 is 0 Å². The van der Waals surface area contributed by atoms with Crippen LogP contribution < -0.4 is 5.73 Å². The molecule has 1 aliphatic heterocycles. The van der Waals surface area contributed by atoms with Gasteiger partial charge in [0, 0.05) is 42.2 Å². The van der Waals surface area contributed by atoms with Gasteiger partial charge in [0.05, 0.1) is 16.8 Å². The van der Waals surface area contributed by atoms with Crippen molar-refractivity contribution in [2.24, 2.45) is 5.73 Å². The molecule has 7 heteroatoms. The van der Waals surface area contributed by atoms with Gasteiger partial charge in [0.1, 0.15) is 5.82 Å². The first-order valence-electron chi connectivity index (χ1n) is 10.5. The molecule has 0 radical (unpaired) electrons. The molecular formula is C24H25FN4O2. The van der Waals surface area contributed by atoms with E-state index >= 15 is 0 Å². The number of likely N-dealkylation sites (tertiary alicyclic amines) is 1. The number of primary amides is 1. The maximum Gasteiger partial charge on any atom is 0.250 e. The van der Waals surface area contributed by atoms with Crippen LogP contribution in [0.3, 0.4) is 0 Å². The molecule has 0 aliphatic carbocycles. The molecule has 2 aromatic heterocycles. The van der Waals surface area contributed by atoms with Crippen molar-refractivity contribution in [1.82, 2.24) is 14.9 Å². The maximum atomic E-state index is 13.5. The number of hydrogen-bond donors (Lipinski definition) is 1. The summed E-state index contributed by atoms with van der Waals surface area (Å²) in [6.45, 7) is 3.14. The molecule has 0 atom stereocenters. The highest BCUT2D eigenvalue weighted by Crippen LogP contribution is 2.31. The van der Waals surface area contributed by atoms with Gasteiger partial charge in [-0.15, -0.1) is 0 Å². The number of rotatable bonds is 5. The van der Waals surface area contributed by atoms with Gasteiger partial charge in [-0.3, -0.25) is 19.6 Å². The van der Waals surface area contributed by atoms with Crippen molar-refractivity contribution in [2.75, 3.05) is 13.1 Å². The average molecular weight is 420 g/mol. The lowest BCUT2D eigenvalue weighted by atomic mass is 9.89. The van der Waals surface area contributed by atoms with Crippen LogP contribution in [0.4, 0.5) is 4.39 Å². The van der Waals surface area contributed by atoms with Crippen molar-refractivity contribution < 1.29 is 14.0 Å². The second-order valence-corrected chi connectivity index (χ2v) is 8.05. The topological polar surface area (TPSA) is 89.2 Å². The minimum absolute atomic E-state index is 0.0273. The highest BCUT2D eigenvalue weighted by molar-refractivity contribution is 5.97. The zero-order chi connectivity index (χ0) is 22.0. The van der Waals surface area contributed by atoms with Gasteiger partial charge in [-0.2, -0.15) is 0 Å². The van der Waals surface area contributed by atoms with Crippen LogP contribution >= 0.6 is 0 Å². The second kappa shape index (κ2) is 8.79. The molecule has 1 aliphatic rings. The fourth-order valence-corrected chi connectivity index (χ4v) is 4.20. The monoisotopic (exact) mass is 420 g/mol. The first-order valence-corrected chi connectivity index (χ1v) is 10.5. The van der Waals surface area contributed by atoms with E-state index in [9.17, 15) is 14.0 Å². The lowest BCUT2D eigenvalue weighted by molar-refractivity contribution is -0.132. The van der Waals surface area contributed by atoms with Gasteiger partial charge in [0.15, 0.2) is 0 Å². The quantitative estimate of drug-likeness (QED) is 0.684. The van der Waals surface area contributed by atoms with Gasteiger partial charge in [-0.1, -0.05) is 6.07 Å². The molecule has 160 valence electrons. The third-order valence-electron chi connectivity index (χ3n) is 5.85. The Morgan fingerprint density at radius 1 is 1.13 bits per heavy atom. The Labute approximate surface area is 180 Å². The number of nitrogens with two attached hydrogens (primary N) is 1. The SMILES string of the molecule is Cc1cccc(CCC(=O)N2CCC(c3nc4ccc(F)cc4cc3C(N)=O)CC2)n1. The lowest BCUT2D eigenvalue weighted by Gasteiger charge is -2.32. The molecule has 1 aromatic carbocycles. The Kier molecular flexibility index (Phi) is 5.93. The molecular weight excluding hydrogens is 395 g/mol. The number of fused-ring (bicyclic) bond motifs is 1.